The summed E-state index contributed by atoms with van der Waals surface area (Å²) < 4.78 is 33.1. The maximum Gasteiger partial charge on any atom is 0.240 e. The zero-order chi connectivity index (χ0) is 25.1. The lowest BCUT2D eigenvalue weighted by molar-refractivity contribution is -0.121. The Morgan fingerprint density at radius 2 is 1.40 bits per heavy atom. The van der Waals surface area contributed by atoms with Crippen molar-refractivity contribution in [2.75, 3.05) is 55.7 Å². The largest absolute Gasteiger partial charge is 0.494 e. The molecular weight excluding hydrogens is 464 g/mol. The maximum atomic E-state index is 13.8. The number of primary amides is 1. The third kappa shape index (κ3) is 5.11. The lowest BCUT2D eigenvalue weighted by Crippen LogP contribution is -2.63. The van der Waals surface area contributed by atoms with Crippen molar-refractivity contribution in [1.29, 1.82) is 0 Å². The van der Waals surface area contributed by atoms with Crippen LogP contribution in [0.4, 0.5) is 11.4 Å². The van der Waals surface area contributed by atoms with E-state index < -0.39 is 20.7 Å². The van der Waals surface area contributed by atoms with Crippen LogP contribution in [-0.2, 0) is 14.8 Å². The Hall–Kier alpha value is -2.78. The van der Waals surface area contributed by atoms with Crippen LogP contribution in [0.25, 0.3) is 0 Å². The first kappa shape index (κ1) is 25.3. The van der Waals surface area contributed by atoms with Crippen molar-refractivity contribution in [2.24, 2.45) is 5.73 Å². The fraction of sp³-hybridized carbons (Fsp3) is 0.500. The second-order valence-corrected chi connectivity index (χ2v) is 11.7. The van der Waals surface area contributed by atoms with Gasteiger partial charge in [-0.15, -0.1) is 0 Å². The van der Waals surface area contributed by atoms with Crippen molar-refractivity contribution in [3.8, 4) is 5.75 Å². The molecule has 8 nitrogen and oxygen atoms in total. The summed E-state index contributed by atoms with van der Waals surface area (Å²) in [5.74, 6) is 0.0864. The highest BCUT2D eigenvalue weighted by Crippen LogP contribution is 2.35. The fourth-order valence-corrected chi connectivity index (χ4v) is 7.01. The van der Waals surface area contributed by atoms with Gasteiger partial charge in [0.25, 0.3) is 0 Å². The van der Waals surface area contributed by atoms with Gasteiger partial charge >= 0.3 is 0 Å². The van der Waals surface area contributed by atoms with Crippen molar-refractivity contribution in [2.45, 2.75) is 37.9 Å². The Balaban J connectivity index is 1.41. The molecule has 4 rings (SSSR count). The molecule has 2 aliphatic heterocycles. The monoisotopic (exact) mass is 500 g/mol. The SMILES string of the molecule is CCCOc1ccc(N2CCN(S(=O)(=O)C3(C(N)=O)CCN(c4ccc(C)cc4)CC3)CC2)cc1. The number of nitrogens with two attached hydrogens (primary N) is 1. The number of aryl methyl sites for hydroxylation is 1. The molecular formula is C26H36N4O4S. The van der Waals surface area contributed by atoms with Gasteiger partial charge in [-0.3, -0.25) is 4.79 Å². The first-order valence-corrected chi connectivity index (χ1v) is 13.8. The average Bonchev–Trinajstić information content (AvgIpc) is 2.88. The van der Waals surface area contributed by atoms with Gasteiger partial charge in [0.2, 0.25) is 15.9 Å². The number of benzene rings is 2. The molecule has 0 aromatic heterocycles. The molecule has 2 heterocycles. The van der Waals surface area contributed by atoms with Gasteiger partial charge in [0.15, 0.2) is 4.75 Å². The van der Waals surface area contributed by atoms with Crippen molar-refractivity contribution < 1.29 is 17.9 Å². The summed E-state index contributed by atoms with van der Waals surface area (Å²) in [6.45, 7) is 7.48. The molecule has 9 heteroatoms. The second-order valence-electron chi connectivity index (χ2n) is 9.41. The Kier molecular flexibility index (Phi) is 7.56. The molecule has 0 bridgehead atoms. The number of nitrogens with zero attached hydrogens (tertiary/aromatic N) is 3. The summed E-state index contributed by atoms with van der Waals surface area (Å²) in [4.78, 5) is 16.9. The van der Waals surface area contributed by atoms with E-state index in [1.165, 1.54) is 9.87 Å². The summed E-state index contributed by atoms with van der Waals surface area (Å²) in [7, 11) is -3.90. The van der Waals surface area contributed by atoms with Gasteiger partial charge in [-0.05, 0) is 62.6 Å². The lowest BCUT2D eigenvalue weighted by atomic mass is 9.94. The predicted octanol–water partition coefficient (Wildman–Crippen LogP) is 2.76. The molecule has 1 amide bonds. The third-order valence-corrected chi connectivity index (χ3v) is 9.81. The first-order valence-electron chi connectivity index (χ1n) is 12.4. The minimum Gasteiger partial charge on any atom is -0.494 e. The van der Waals surface area contributed by atoms with E-state index in [9.17, 15) is 13.2 Å². The van der Waals surface area contributed by atoms with Gasteiger partial charge in [0.05, 0.1) is 6.61 Å². The highest BCUT2D eigenvalue weighted by Gasteiger charge is 2.54. The van der Waals surface area contributed by atoms with E-state index in [-0.39, 0.29) is 12.8 Å². The minimum atomic E-state index is -3.90. The number of hydrogen-bond acceptors (Lipinski definition) is 6. The molecule has 35 heavy (non-hydrogen) atoms. The molecule has 2 aliphatic rings. The van der Waals surface area contributed by atoms with Gasteiger partial charge < -0.3 is 20.3 Å². The van der Waals surface area contributed by atoms with Crippen LogP contribution >= 0.6 is 0 Å². The molecule has 190 valence electrons. The molecule has 2 aromatic rings. The summed E-state index contributed by atoms with van der Waals surface area (Å²) >= 11 is 0. The molecule has 2 aromatic carbocycles. The highest BCUT2D eigenvalue weighted by molar-refractivity contribution is 7.91. The average molecular weight is 501 g/mol. The topological polar surface area (TPSA) is 96.2 Å². The molecule has 0 unspecified atom stereocenters. The van der Waals surface area contributed by atoms with Gasteiger partial charge in [-0.25, -0.2) is 8.42 Å². The molecule has 2 N–H and O–H groups in total. The maximum absolute atomic E-state index is 13.8. The normalized spacial score (nSPS) is 18.9. The second kappa shape index (κ2) is 10.5. The molecule has 0 radical (unpaired) electrons. The molecule has 0 spiro atoms. The Labute approximate surface area is 208 Å². The van der Waals surface area contributed by atoms with Crippen molar-refractivity contribution in [3.05, 3.63) is 54.1 Å². The summed E-state index contributed by atoms with van der Waals surface area (Å²) in [6, 6.07) is 16.0. The van der Waals surface area contributed by atoms with E-state index in [1.807, 2.05) is 55.5 Å². The number of rotatable bonds is 8. The predicted molar refractivity (Wildman–Crippen MR) is 139 cm³/mol. The minimum absolute atomic E-state index is 0.192. The van der Waals surface area contributed by atoms with Crippen molar-refractivity contribution in [1.82, 2.24) is 4.31 Å². The number of hydrogen-bond donors (Lipinski definition) is 1. The Morgan fingerprint density at radius 1 is 0.886 bits per heavy atom. The quantitative estimate of drug-likeness (QED) is 0.599. The van der Waals surface area contributed by atoms with Crippen LogP contribution in [0.5, 0.6) is 5.75 Å². The number of amides is 1. The van der Waals surface area contributed by atoms with E-state index >= 15 is 0 Å². The van der Waals surface area contributed by atoms with Crippen LogP contribution in [0, 0.1) is 6.92 Å². The Morgan fingerprint density at radius 3 is 1.91 bits per heavy atom. The standard InChI is InChI=1S/C26H36N4O4S/c1-3-20-34-24-10-8-23(9-11-24)29-16-18-30(19-17-29)35(32,33)26(25(27)31)12-14-28(15-13-26)22-6-4-21(2)5-7-22/h4-11H,3,12-20H2,1-2H3,(H2,27,31). The highest BCUT2D eigenvalue weighted by atomic mass is 32.2. The first-order chi connectivity index (χ1) is 16.8. The van der Waals surface area contributed by atoms with E-state index in [0.29, 0.717) is 45.9 Å². The number of anilines is 2. The molecule has 2 saturated heterocycles. The summed E-state index contributed by atoms with van der Waals surface area (Å²) in [5, 5.41) is 0. The van der Waals surface area contributed by atoms with E-state index in [4.69, 9.17) is 10.5 Å². The molecule has 0 atom stereocenters. The van der Waals surface area contributed by atoms with E-state index in [1.54, 1.807) is 0 Å². The molecule has 2 fully saturated rings. The van der Waals surface area contributed by atoms with Gasteiger partial charge in [0, 0.05) is 50.6 Å². The van der Waals surface area contributed by atoms with Gasteiger partial charge in [-0.1, -0.05) is 24.6 Å². The number of carbonyl (C=O) groups excluding carboxylic acids is 1. The summed E-state index contributed by atoms with van der Waals surface area (Å²) in [5.41, 5.74) is 9.01. The number of ether oxygens (including phenoxy) is 1. The Bertz CT molecular complexity index is 1100. The van der Waals surface area contributed by atoms with E-state index in [2.05, 4.69) is 16.7 Å². The van der Waals surface area contributed by atoms with Crippen LogP contribution in [0.2, 0.25) is 0 Å². The third-order valence-electron chi connectivity index (χ3n) is 7.17. The lowest BCUT2D eigenvalue weighted by Gasteiger charge is -2.44. The molecule has 0 aliphatic carbocycles. The fourth-order valence-electron chi connectivity index (χ4n) is 4.92. The van der Waals surface area contributed by atoms with Crippen LogP contribution in [-0.4, -0.2) is 69.3 Å². The van der Waals surface area contributed by atoms with Crippen molar-refractivity contribution in [3.63, 3.8) is 0 Å². The van der Waals surface area contributed by atoms with E-state index in [0.717, 1.165) is 23.5 Å². The zero-order valence-electron chi connectivity index (χ0n) is 20.7. The number of sulfonamides is 1. The number of piperidine rings is 1. The van der Waals surface area contributed by atoms with Crippen LogP contribution < -0.4 is 20.3 Å². The van der Waals surface area contributed by atoms with Crippen LogP contribution in [0.3, 0.4) is 0 Å². The smallest absolute Gasteiger partial charge is 0.240 e. The molecule has 0 saturated carbocycles. The van der Waals surface area contributed by atoms with Gasteiger partial charge in [-0.2, -0.15) is 4.31 Å². The van der Waals surface area contributed by atoms with Gasteiger partial charge in [0.1, 0.15) is 5.75 Å². The van der Waals surface area contributed by atoms with Crippen molar-refractivity contribution >= 4 is 27.3 Å². The summed E-state index contributed by atoms with van der Waals surface area (Å²) in [6.07, 6.45) is 1.34. The van der Waals surface area contributed by atoms with Crippen LogP contribution in [0.1, 0.15) is 31.7 Å². The number of piperazine rings is 1. The number of carbonyl (C=O) groups is 1. The zero-order valence-corrected chi connectivity index (χ0v) is 21.5. The van der Waals surface area contributed by atoms with Crippen LogP contribution in [0.15, 0.2) is 48.5 Å².